The van der Waals surface area contributed by atoms with Crippen LogP contribution >= 0.6 is 0 Å². The summed E-state index contributed by atoms with van der Waals surface area (Å²) in [5.41, 5.74) is 10.8. The molecular weight excluding hydrogens is 390 g/mol. The normalized spacial score (nSPS) is 14.4. The van der Waals surface area contributed by atoms with E-state index in [2.05, 4.69) is 26.0 Å². The fourth-order valence-corrected chi connectivity index (χ4v) is 3.86. The number of benzene rings is 2. The average molecular weight is 418 g/mol. The first-order valence-corrected chi connectivity index (χ1v) is 10.5. The summed E-state index contributed by atoms with van der Waals surface area (Å²) in [6, 6.07) is 15.5. The Kier molecular flexibility index (Phi) is 5.75. The van der Waals surface area contributed by atoms with Crippen LogP contribution in [0.3, 0.4) is 0 Å². The lowest BCUT2D eigenvalue weighted by Gasteiger charge is -2.21. The van der Waals surface area contributed by atoms with Gasteiger partial charge in [0.1, 0.15) is 5.69 Å². The van der Waals surface area contributed by atoms with Gasteiger partial charge in [-0.1, -0.05) is 30.3 Å². The van der Waals surface area contributed by atoms with E-state index in [0.29, 0.717) is 43.9 Å². The second-order valence-electron chi connectivity index (χ2n) is 7.94. The van der Waals surface area contributed by atoms with E-state index in [1.54, 1.807) is 20.7 Å². The molecule has 0 aliphatic carbocycles. The van der Waals surface area contributed by atoms with Gasteiger partial charge in [0.05, 0.1) is 11.3 Å². The highest BCUT2D eigenvalue weighted by Gasteiger charge is 2.26. The number of rotatable bonds is 3. The molecular formula is C24H27N5O2. The zero-order valence-corrected chi connectivity index (χ0v) is 17.9. The van der Waals surface area contributed by atoms with Crippen molar-refractivity contribution in [3.05, 3.63) is 71.4 Å². The Hall–Kier alpha value is -3.61. The van der Waals surface area contributed by atoms with Crippen molar-refractivity contribution in [2.45, 2.75) is 20.3 Å². The van der Waals surface area contributed by atoms with E-state index in [1.165, 1.54) is 5.56 Å². The predicted molar refractivity (Wildman–Crippen MR) is 120 cm³/mol. The van der Waals surface area contributed by atoms with E-state index in [9.17, 15) is 9.59 Å². The van der Waals surface area contributed by atoms with Gasteiger partial charge in [-0.3, -0.25) is 4.79 Å². The van der Waals surface area contributed by atoms with E-state index >= 15 is 0 Å². The first-order chi connectivity index (χ1) is 14.9. The summed E-state index contributed by atoms with van der Waals surface area (Å²) in [5.74, 6) is -0.0817. The zero-order chi connectivity index (χ0) is 22.0. The number of nitrogens with two attached hydrogens (primary N) is 1. The Balaban J connectivity index is 1.73. The van der Waals surface area contributed by atoms with Crippen LogP contribution in [0.25, 0.3) is 16.9 Å². The van der Waals surface area contributed by atoms with E-state index in [1.807, 2.05) is 36.4 Å². The molecule has 2 heterocycles. The molecule has 0 radical (unpaired) electrons. The average Bonchev–Trinajstić information content (AvgIpc) is 3.06. The molecule has 1 aliphatic heterocycles. The SMILES string of the molecule is Cc1ccc(-c2nn(-c3ccccc3)cc2C(=O)N2CCCN(C(N)=O)CC2)cc1C. The van der Waals surface area contributed by atoms with Gasteiger partial charge >= 0.3 is 6.03 Å². The van der Waals surface area contributed by atoms with Gasteiger partial charge in [-0.15, -0.1) is 0 Å². The summed E-state index contributed by atoms with van der Waals surface area (Å²) in [5, 5.41) is 4.79. The van der Waals surface area contributed by atoms with E-state index in [-0.39, 0.29) is 5.91 Å². The van der Waals surface area contributed by atoms with Crippen molar-refractivity contribution in [1.29, 1.82) is 0 Å². The summed E-state index contributed by atoms with van der Waals surface area (Å²) in [4.78, 5) is 28.5. The molecule has 1 aliphatic rings. The minimum Gasteiger partial charge on any atom is -0.351 e. The lowest BCUT2D eigenvalue weighted by Crippen LogP contribution is -2.39. The van der Waals surface area contributed by atoms with Crippen LogP contribution < -0.4 is 5.73 Å². The molecule has 7 heteroatoms. The fourth-order valence-electron chi connectivity index (χ4n) is 3.86. The number of urea groups is 1. The zero-order valence-electron chi connectivity index (χ0n) is 17.9. The van der Waals surface area contributed by atoms with Crippen molar-refractivity contribution in [3.8, 4) is 16.9 Å². The highest BCUT2D eigenvalue weighted by atomic mass is 16.2. The van der Waals surface area contributed by atoms with Gasteiger partial charge in [-0.05, 0) is 49.6 Å². The second kappa shape index (κ2) is 8.63. The Bertz CT molecular complexity index is 1110. The van der Waals surface area contributed by atoms with E-state index in [0.717, 1.165) is 16.8 Å². The fraction of sp³-hybridized carbons (Fsp3) is 0.292. The van der Waals surface area contributed by atoms with Gasteiger partial charge in [-0.25, -0.2) is 9.48 Å². The molecule has 1 aromatic heterocycles. The number of carbonyl (C=O) groups excluding carboxylic acids is 2. The quantitative estimate of drug-likeness (QED) is 0.709. The molecule has 2 N–H and O–H groups in total. The monoisotopic (exact) mass is 417 g/mol. The van der Waals surface area contributed by atoms with Crippen molar-refractivity contribution < 1.29 is 9.59 Å². The summed E-state index contributed by atoms with van der Waals surface area (Å²) in [6.45, 7) is 6.15. The molecule has 0 bridgehead atoms. The molecule has 1 fully saturated rings. The van der Waals surface area contributed by atoms with Crippen LogP contribution in [0.15, 0.2) is 54.7 Å². The number of primary amides is 1. The molecule has 160 valence electrons. The number of aryl methyl sites for hydroxylation is 2. The van der Waals surface area contributed by atoms with Gasteiger partial charge in [0.25, 0.3) is 5.91 Å². The van der Waals surface area contributed by atoms with Gasteiger partial charge in [0.15, 0.2) is 0 Å². The Morgan fingerprint density at radius 3 is 2.32 bits per heavy atom. The molecule has 3 aromatic rings. The second-order valence-corrected chi connectivity index (χ2v) is 7.94. The third-order valence-electron chi connectivity index (χ3n) is 5.84. The van der Waals surface area contributed by atoms with Crippen molar-refractivity contribution in [2.75, 3.05) is 26.2 Å². The summed E-state index contributed by atoms with van der Waals surface area (Å²) in [6.07, 6.45) is 2.50. The number of hydrogen-bond acceptors (Lipinski definition) is 3. The summed E-state index contributed by atoms with van der Waals surface area (Å²) >= 11 is 0. The third-order valence-corrected chi connectivity index (χ3v) is 5.84. The van der Waals surface area contributed by atoms with Crippen molar-refractivity contribution in [3.63, 3.8) is 0 Å². The lowest BCUT2D eigenvalue weighted by molar-refractivity contribution is 0.0763. The van der Waals surface area contributed by atoms with Gasteiger partial charge in [0, 0.05) is 37.9 Å². The number of amides is 3. The number of para-hydroxylation sites is 1. The Morgan fingerprint density at radius 2 is 1.61 bits per heavy atom. The maximum absolute atomic E-state index is 13.6. The third kappa shape index (κ3) is 4.30. The number of carbonyl (C=O) groups is 2. The van der Waals surface area contributed by atoms with E-state index < -0.39 is 6.03 Å². The van der Waals surface area contributed by atoms with E-state index in [4.69, 9.17) is 10.8 Å². The largest absolute Gasteiger partial charge is 0.351 e. The van der Waals surface area contributed by atoms with Crippen molar-refractivity contribution in [2.24, 2.45) is 5.73 Å². The highest BCUT2D eigenvalue weighted by Crippen LogP contribution is 2.27. The molecule has 2 aromatic carbocycles. The molecule has 0 spiro atoms. The summed E-state index contributed by atoms with van der Waals surface area (Å²) < 4.78 is 1.76. The van der Waals surface area contributed by atoms with Crippen LogP contribution in [0, 0.1) is 13.8 Å². The minimum absolute atomic E-state index is 0.0817. The standard InChI is InChI=1S/C24H27N5O2/c1-17-9-10-19(15-18(17)2)22-21(16-29(26-22)20-7-4-3-5-8-20)23(30)27-11-6-12-28(14-13-27)24(25)31/h3-5,7-10,15-16H,6,11-14H2,1-2H3,(H2,25,31). The molecule has 0 atom stereocenters. The predicted octanol–water partition coefficient (Wildman–Crippen LogP) is 3.38. The van der Waals surface area contributed by atoms with Crippen LogP contribution in [0.4, 0.5) is 4.79 Å². The molecule has 1 saturated heterocycles. The number of aromatic nitrogens is 2. The first-order valence-electron chi connectivity index (χ1n) is 10.5. The van der Waals surface area contributed by atoms with Gasteiger partial charge in [0.2, 0.25) is 0 Å². The number of nitrogens with zero attached hydrogens (tertiary/aromatic N) is 4. The summed E-state index contributed by atoms with van der Waals surface area (Å²) in [7, 11) is 0. The maximum Gasteiger partial charge on any atom is 0.314 e. The maximum atomic E-state index is 13.6. The molecule has 0 unspecified atom stereocenters. The molecule has 7 nitrogen and oxygen atoms in total. The van der Waals surface area contributed by atoms with Crippen molar-refractivity contribution >= 4 is 11.9 Å². The smallest absolute Gasteiger partial charge is 0.314 e. The lowest BCUT2D eigenvalue weighted by atomic mass is 10.0. The van der Waals surface area contributed by atoms with Crippen molar-refractivity contribution in [1.82, 2.24) is 19.6 Å². The molecule has 31 heavy (non-hydrogen) atoms. The van der Waals surface area contributed by atoms with Crippen LogP contribution in [0.1, 0.15) is 27.9 Å². The molecule has 0 saturated carbocycles. The minimum atomic E-state index is -0.443. The number of hydrogen-bond donors (Lipinski definition) is 1. The van der Waals surface area contributed by atoms with Gasteiger partial charge < -0.3 is 15.5 Å². The van der Waals surface area contributed by atoms with Crippen LogP contribution in [0.5, 0.6) is 0 Å². The van der Waals surface area contributed by atoms with Gasteiger partial charge in [-0.2, -0.15) is 5.10 Å². The highest BCUT2D eigenvalue weighted by molar-refractivity contribution is 6.00. The Labute approximate surface area is 182 Å². The first kappa shape index (κ1) is 20.7. The van der Waals surface area contributed by atoms with Crippen LogP contribution in [0.2, 0.25) is 0 Å². The van der Waals surface area contributed by atoms with Crippen LogP contribution in [-0.2, 0) is 0 Å². The topological polar surface area (TPSA) is 84.5 Å². The molecule has 4 rings (SSSR count). The Morgan fingerprint density at radius 1 is 0.903 bits per heavy atom. The molecule has 3 amide bonds. The van der Waals surface area contributed by atoms with Crippen LogP contribution in [-0.4, -0.2) is 57.7 Å².